The van der Waals surface area contributed by atoms with E-state index in [0.29, 0.717) is 22.7 Å². The number of hydrogen-bond donors (Lipinski definition) is 2. The highest BCUT2D eigenvalue weighted by molar-refractivity contribution is 7.99. The molecule has 8 heteroatoms. The quantitative estimate of drug-likeness (QED) is 0.471. The summed E-state index contributed by atoms with van der Waals surface area (Å²) in [7, 11) is 0. The predicted molar refractivity (Wildman–Crippen MR) is 136 cm³/mol. The van der Waals surface area contributed by atoms with Crippen LogP contribution < -0.4 is 10.6 Å². The average Bonchev–Trinajstić information content (AvgIpc) is 3.53. The van der Waals surface area contributed by atoms with E-state index in [-0.39, 0.29) is 29.5 Å². The van der Waals surface area contributed by atoms with Gasteiger partial charge in [0, 0.05) is 36.6 Å². The first-order chi connectivity index (χ1) is 17.1. The van der Waals surface area contributed by atoms with Gasteiger partial charge in [0.05, 0.1) is 21.9 Å². The Labute approximate surface area is 208 Å². The van der Waals surface area contributed by atoms with Crippen molar-refractivity contribution in [3.63, 3.8) is 0 Å². The Kier molecular flexibility index (Phi) is 6.99. The summed E-state index contributed by atoms with van der Waals surface area (Å²) in [6.07, 6.45) is 4.18. The first-order valence-electron chi connectivity index (χ1n) is 12.1. The highest BCUT2D eigenvalue weighted by Gasteiger charge is 2.25. The lowest BCUT2D eigenvalue weighted by atomic mass is 10.1. The van der Waals surface area contributed by atoms with Gasteiger partial charge >= 0.3 is 0 Å². The van der Waals surface area contributed by atoms with Crippen LogP contribution in [-0.2, 0) is 11.3 Å². The molecule has 1 saturated carbocycles. The molecule has 1 aliphatic carbocycles. The third-order valence-electron chi connectivity index (χ3n) is 6.28. The molecule has 2 aromatic carbocycles. The van der Waals surface area contributed by atoms with Crippen molar-refractivity contribution >= 4 is 40.4 Å². The number of hydrogen-bond acceptors (Lipinski definition) is 5. The first kappa shape index (κ1) is 23.4. The van der Waals surface area contributed by atoms with E-state index in [0.717, 1.165) is 55.2 Å². The van der Waals surface area contributed by atoms with Crippen molar-refractivity contribution in [2.24, 2.45) is 0 Å². The summed E-state index contributed by atoms with van der Waals surface area (Å²) in [6, 6.07) is 17.0. The second-order valence-corrected chi connectivity index (χ2v) is 10.0. The van der Waals surface area contributed by atoms with E-state index >= 15 is 0 Å². The summed E-state index contributed by atoms with van der Waals surface area (Å²) in [5, 5.41) is 7.41. The van der Waals surface area contributed by atoms with Crippen LogP contribution in [0.15, 0.2) is 59.6 Å². The highest BCUT2D eigenvalue weighted by atomic mass is 32.2. The van der Waals surface area contributed by atoms with E-state index in [9.17, 15) is 14.4 Å². The number of aromatic nitrogens is 1. The van der Waals surface area contributed by atoms with Gasteiger partial charge < -0.3 is 15.5 Å². The number of fused-ring (bicyclic) bond motifs is 1. The maximum atomic E-state index is 12.7. The van der Waals surface area contributed by atoms with Crippen molar-refractivity contribution in [1.29, 1.82) is 0 Å². The second kappa shape index (κ2) is 10.5. The Bertz CT molecular complexity index is 1250. The molecule has 7 nitrogen and oxygen atoms in total. The zero-order chi connectivity index (χ0) is 24.2. The van der Waals surface area contributed by atoms with E-state index < -0.39 is 0 Å². The van der Waals surface area contributed by atoms with Gasteiger partial charge in [-0.15, -0.1) is 0 Å². The predicted octanol–water partition coefficient (Wildman–Crippen LogP) is 3.77. The lowest BCUT2D eigenvalue weighted by Gasteiger charge is -2.15. The van der Waals surface area contributed by atoms with Crippen LogP contribution in [0.25, 0.3) is 10.9 Å². The number of nitrogens with one attached hydrogen (secondary N) is 2. The Morgan fingerprint density at radius 1 is 1.00 bits per heavy atom. The molecule has 0 radical (unpaired) electrons. The molecule has 2 heterocycles. The number of carbonyl (C=O) groups is 3. The van der Waals surface area contributed by atoms with Gasteiger partial charge in [0.2, 0.25) is 5.91 Å². The average molecular weight is 489 g/mol. The van der Waals surface area contributed by atoms with Gasteiger partial charge in [-0.05, 0) is 55.5 Å². The molecule has 0 unspecified atom stereocenters. The number of likely N-dealkylation sites (tertiary alicyclic amines) is 1. The van der Waals surface area contributed by atoms with Crippen LogP contribution in [-0.4, -0.2) is 52.5 Å². The smallest absolute Gasteiger partial charge is 0.253 e. The van der Waals surface area contributed by atoms with Gasteiger partial charge in [-0.2, -0.15) is 0 Å². The molecule has 1 saturated heterocycles. The van der Waals surface area contributed by atoms with E-state index in [4.69, 9.17) is 0 Å². The summed E-state index contributed by atoms with van der Waals surface area (Å²) in [4.78, 5) is 44.2. The Hall–Kier alpha value is -3.39. The van der Waals surface area contributed by atoms with E-state index in [1.54, 1.807) is 6.07 Å². The lowest BCUT2D eigenvalue weighted by Crippen LogP contribution is -2.27. The van der Waals surface area contributed by atoms with Crippen molar-refractivity contribution in [2.75, 3.05) is 18.8 Å². The van der Waals surface area contributed by atoms with Gasteiger partial charge in [-0.1, -0.05) is 42.1 Å². The Morgan fingerprint density at radius 3 is 2.49 bits per heavy atom. The molecule has 180 valence electrons. The monoisotopic (exact) mass is 488 g/mol. The van der Waals surface area contributed by atoms with Gasteiger partial charge in [0.15, 0.2) is 0 Å². The minimum Gasteiger partial charge on any atom is -0.351 e. The Balaban J connectivity index is 1.17. The molecule has 0 bridgehead atoms. The molecule has 0 spiro atoms. The highest BCUT2D eigenvalue weighted by Crippen LogP contribution is 2.26. The maximum Gasteiger partial charge on any atom is 0.253 e. The van der Waals surface area contributed by atoms with E-state index in [1.807, 2.05) is 53.4 Å². The number of pyridine rings is 1. The summed E-state index contributed by atoms with van der Waals surface area (Å²) in [6.45, 7) is 2.04. The van der Waals surface area contributed by atoms with Crippen LogP contribution in [0.2, 0.25) is 0 Å². The summed E-state index contributed by atoms with van der Waals surface area (Å²) in [5.41, 5.74) is 2.95. The summed E-state index contributed by atoms with van der Waals surface area (Å²) < 4.78 is 0. The molecule has 0 atom stereocenters. The number of nitrogens with zero attached hydrogens (tertiary/aromatic N) is 2. The first-order valence-corrected chi connectivity index (χ1v) is 13.0. The van der Waals surface area contributed by atoms with Gasteiger partial charge in [0.1, 0.15) is 0 Å². The fourth-order valence-corrected chi connectivity index (χ4v) is 4.91. The third-order valence-corrected chi connectivity index (χ3v) is 7.20. The van der Waals surface area contributed by atoms with Crippen molar-refractivity contribution in [3.05, 3.63) is 71.3 Å². The molecule has 2 N–H and O–H groups in total. The van der Waals surface area contributed by atoms with Crippen molar-refractivity contribution in [3.8, 4) is 0 Å². The standard InChI is InChI=1S/C27H28N4O3S/c32-24(28-16-18-7-9-19(10-8-18)27(34)31-13-3-4-14-31)17-35-25-15-22(26(33)29-20-11-12-20)21-5-1-2-6-23(21)30-25/h1-2,5-10,15,20H,3-4,11-14,16-17H2,(H,28,32)(H,29,33). The molecule has 35 heavy (non-hydrogen) atoms. The molecular formula is C27H28N4O3S. The molecule has 1 aliphatic heterocycles. The Morgan fingerprint density at radius 2 is 1.74 bits per heavy atom. The van der Waals surface area contributed by atoms with Gasteiger partial charge in [-0.25, -0.2) is 4.98 Å². The third kappa shape index (κ3) is 5.82. The molecule has 3 aromatic rings. The van der Waals surface area contributed by atoms with E-state index in [2.05, 4.69) is 15.6 Å². The molecule has 2 aliphatic rings. The lowest BCUT2D eigenvalue weighted by molar-refractivity contribution is -0.118. The summed E-state index contributed by atoms with van der Waals surface area (Å²) >= 11 is 1.31. The molecule has 2 fully saturated rings. The minimum atomic E-state index is -0.119. The number of amides is 3. The fourth-order valence-electron chi connectivity index (χ4n) is 4.16. The zero-order valence-electron chi connectivity index (χ0n) is 19.5. The SMILES string of the molecule is O=C(CSc1cc(C(=O)NC2CC2)c2ccccc2n1)NCc1ccc(C(=O)N2CCCC2)cc1. The second-order valence-electron chi connectivity index (χ2n) is 9.03. The van der Waals surface area contributed by atoms with Crippen LogP contribution in [0.1, 0.15) is 52.0 Å². The number of para-hydroxylation sites is 1. The molecule has 3 amide bonds. The van der Waals surface area contributed by atoms with Crippen LogP contribution in [0.4, 0.5) is 0 Å². The molecule has 5 rings (SSSR count). The number of carbonyl (C=O) groups excluding carboxylic acids is 3. The molecular weight excluding hydrogens is 460 g/mol. The zero-order valence-corrected chi connectivity index (χ0v) is 20.3. The van der Waals surface area contributed by atoms with E-state index in [1.165, 1.54) is 11.8 Å². The van der Waals surface area contributed by atoms with Crippen molar-refractivity contribution in [2.45, 2.75) is 43.3 Å². The number of thioether (sulfide) groups is 1. The normalized spacial score (nSPS) is 15.3. The topological polar surface area (TPSA) is 91.4 Å². The van der Waals surface area contributed by atoms with Gasteiger partial charge in [0.25, 0.3) is 11.8 Å². The van der Waals surface area contributed by atoms with Gasteiger partial charge in [-0.3, -0.25) is 14.4 Å². The van der Waals surface area contributed by atoms with Crippen LogP contribution in [0.5, 0.6) is 0 Å². The van der Waals surface area contributed by atoms with Crippen LogP contribution >= 0.6 is 11.8 Å². The van der Waals surface area contributed by atoms with Crippen molar-refractivity contribution < 1.29 is 14.4 Å². The van der Waals surface area contributed by atoms with Crippen LogP contribution in [0, 0.1) is 0 Å². The summed E-state index contributed by atoms with van der Waals surface area (Å²) in [5.74, 6) is 0.0540. The largest absolute Gasteiger partial charge is 0.351 e. The number of benzene rings is 2. The maximum absolute atomic E-state index is 12.7. The molecule has 1 aromatic heterocycles. The van der Waals surface area contributed by atoms with Crippen LogP contribution in [0.3, 0.4) is 0 Å². The fraction of sp³-hybridized carbons (Fsp3) is 0.333. The minimum absolute atomic E-state index is 0.0718. The van der Waals surface area contributed by atoms with Crippen molar-refractivity contribution in [1.82, 2.24) is 20.5 Å². The number of rotatable bonds is 8.